The molecule has 25 heavy (non-hydrogen) atoms. The molecule has 1 atom stereocenters. The fraction of sp³-hybridized carbons (Fsp3) is 0.650. The summed E-state index contributed by atoms with van der Waals surface area (Å²) < 4.78 is 24.6. The number of piperidine rings is 1. The molecule has 1 aromatic rings. The van der Waals surface area contributed by atoms with E-state index in [1.807, 2.05) is 18.7 Å². The summed E-state index contributed by atoms with van der Waals surface area (Å²) in [6.07, 6.45) is 3.56. The van der Waals surface area contributed by atoms with Gasteiger partial charge in [0.2, 0.25) is 5.91 Å². The molecule has 0 aromatic heterocycles. The molecule has 2 aliphatic heterocycles. The number of nitrogens with zero attached hydrogens (tertiary/aromatic N) is 1. The van der Waals surface area contributed by atoms with Crippen LogP contribution in [0.5, 0.6) is 0 Å². The lowest BCUT2D eigenvalue weighted by Crippen LogP contribution is -2.44. The minimum atomic E-state index is -0.253. The van der Waals surface area contributed by atoms with Crippen molar-refractivity contribution in [3.63, 3.8) is 0 Å². The number of halogens is 1. The Bertz CT molecular complexity index is 611. The summed E-state index contributed by atoms with van der Waals surface area (Å²) in [6, 6.07) is 4.63. The zero-order valence-corrected chi connectivity index (χ0v) is 15.2. The third-order valence-corrected chi connectivity index (χ3v) is 5.62. The zero-order chi connectivity index (χ0) is 17.9. The maximum Gasteiger partial charge on any atom is 0.226 e. The van der Waals surface area contributed by atoms with E-state index in [0.717, 1.165) is 56.7 Å². The van der Waals surface area contributed by atoms with E-state index in [-0.39, 0.29) is 23.2 Å². The van der Waals surface area contributed by atoms with Gasteiger partial charge in [-0.05, 0) is 61.8 Å². The van der Waals surface area contributed by atoms with Crippen molar-refractivity contribution in [2.45, 2.75) is 45.6 Å². The largest absolute Gasteiger partial charge is 0.379 e. The number of ether oxygens (including phenoxy) is 2. The van der Waals surface area contributed by atoms with E-state index in [4.69, 9.17) is 9.47 Å². The standard InChI is InChI=1S/C20H28FNO3/c1-3-24-13-18-12-20(14-25-18)6-8-22(9-7-20)19(23)11-16-4-5-17(21)10-15(16)2/h4-5,10,18H,3,6-9,11-14H2,1-2H3/t18-/m1/s1. The Kier molecular flexibility index (Phi) is 5.74. The van der Waals surface area contributed by atoms with Crippen LogP contribution in [0.3, 0.4) is 0 Å². The van der Waals surface area contributed by atoms with Crippen molar-refractivity contribution in [3.05, 3.63) is 35.1 Å². The van der Waals surface area contributed by atoms with E-state index in [9.17, 15) is 9.18 Å². The van der Waals surface area contributed by atoms with Crippen LogP contribution in [0, 0.1) is 18.2 Å². The number of carbonyl (C=O) groups is 1. The Morgan fingerprint density at radius 2 is 2.16 bits per heavy atom. The van der Waals surface area contributed by atoms with Gasteiger partial charge in [0.15, 0.2) is 0 Å². The summed E-state index contributed by atoms with van der Waals surface area (Å²) in [6.45, 7) is 7.59. The van der Waals surface area contributed by atoms with Crippen LogP contribution < -0.4 is 0 Å². The highest BCUT2D eigenvalue weighted by Crippen LogP contribution is 2.42. The second-order valence-electron chi connectivity index (χ2n) is 7.42. The molecule has 2 fully saturated rings. The van der Waals surface area contributed by atoms with Gasteiger partial charge in [-0.1, -0.05) is 6.07 Å². The molecule has 2 aliphatic rings. The summed E-state index contributed by atoms with van der Waals surface area (Å²) in [5.74, 6) is -0.120. The lowest BCUT2D eigenvalue weighted by Gasteiger charge is -2.38. The molecule has 0 saturated carbocycles. The molecule has 0 radical (unpaired) electrons. The van der Waals surface area contributed by atoms with Gasteiger partial charge in [-0.15, -0.1) is 0 Å². The molecule has 4 nitrogen and oxygen atoms in total. The Labute approximate surface area is 149 Å². The Hall–Kier alpha value is -1.46. The van der Waals surface area contributed by atoms with E-state index in [0.29, 0.717) is 13.0 Å². The average molecular weight is 349 g/mol. The van der Waals surface area contributed by atoms with Gasteiger partial charge in [0.1, 0.15) is 5.82 Å². The highest BCUT2D eigenvalue weighted by molar-refractivity contribution is 5.79. The van der Waals surface area contributed by atoms with Crippen molar-refractivity contribution in [2.75, 3.05) is 32.9 Å². The molecule has 2 heterocycles. The Morgan fingerprint density at radius 1 is 1.40 bits per heavy atom. The van der Waals surface area contributed by atoms with Crippen molar-refractivity contribution in [2.24, 2.45) is 5.41 Å². The van der Waals surface area contributed by atoms with E-state index >= 15 is 0 Å². The van der Waals surface area contributed by atoms with Gasteiger partial charge < -0.3 is 14.4 Å². The third kappa shape index (κ3) is 4.39. The first-order chi connectivity index (χ1) is 12.0. The zero-order valence-electron chi connectivity index (χ0n) is 15.2. The predicted octanol–water partition coefficient (Wildman–Crippen LogP) is 3.11. The van der Waals surface area contributed by atoms with Crippen LogP contribution in [0.2, 0.25) is 0 Å². The summed E-state index contributed by atoms with van der Waals surface area (Å²) in [4.78, 5) is 14.5. The number of hydrogen-bond donors (Lipinski definition) is 0. The first kappa shape index (κ1) is 18.3. The maximum atomic E-state index is 13.2. The number of carbonyl (C=O) groups excluding carboxylic acids is 1. The number of likely N-dealkylation sites (tertiary alicyclic amines) is 1. The molecule has 2 saturated heterocycles. The molecular formula is C20H28FNO3. The minimum absolute atomic E-state index is 0.134. The SMILES string of the molecule is CCOC[C@H]1CC2(CCN(C(=O)Cc3ccc(F)cc3C)CC2)CO1. The number of aryl methyl sites for hydroxylation is 1. The van der Waals surface area contributed by atoms with Crippen LogP contribution in [0.1, 0.15) is 37.3 Å². The minimum Gasteiger partial charge on any atom is -0.379 e. The van der Waals surface area contributed by atoms with Crippen LogP contribution in [-0.4, -0.2) is 49.8 Å². The first-order valence-corrected chi connectivity index (χ1v) is 9.23. The van der Waals surface area contributed by atoms with E-state index in [1.54, 1.807) is 6.07 Å². The van der Waals surface area contributed by atoms with Gasteiger partial charge in [0, 0.05) is 19.7 Å². The Balaban J connectivity index is 1.51. The van der Waals surface area contributed by atoms with Crippen LogP contribution in [0.15, 0.2) is 18.2 Å². The maximum absolute atomic E-state index is 13.2. The third-order valence-electron chi connectivity index (χ3n) is 5.62. The summed E-state index contributed by atoms with van der Waals surface area (Å²) >= 11 is 0. The van der Waals surface area contributed by atoms with Crippen molar-refractivity contribution in [1.29, 1.82) is 0 Å². The van der Waals surface area contributed by atoms with Crippen LogP contribution >= 0.6 is 0 Å². The van der Waals surface area contributed by atoms with Gasteiger partial charge in [0.05, 0.1) is 25.7 Å². The monoisotopic (exact) mass is 349 g/mol. The van der Waals surface area contributed by atoms with Gasteiger partial charge in [-0.2, -0.15) is 0 Å². The van der Waals surface area contributed by atoms with Crippen LogP contribution in [0.4, 0.5) is 4.39 Å². The molecule has 3 rings (SSSR count). The van der Waals surface area contributed by atoms with Crippen LogP contribution in [-0.2, 0) is 20.7 Å². The molecule has 0 N–H and O–H groups in total. The number of rotatable bonds is 5. The van der Waals surface area contributed by atoms with Gasteiger partial charge in [-0.3, -0.25) is 4.79 Å². The molecule has 0 bridgehead atoms. The molecule has 0 unspecified atom stereocenters. The number of benzene rings is 1. The molecule has 5 heteroatoms. The lowest BCUT2D eigenvalue weighted by molar-refractivity contribution is -0.132. The second kappa shape index (κ2) is 7.83. The van der Waals surface area contributed by atoms with E-state index in [1.165, 1.54) is 12.1 Å². The van der Waals surface area contributed by atoms with E-state index in [2.05, 4.69) is 0 Å². The molecule has 138 valence electrons. The van der Waals surface area contributed by atoms with Gasteiger partial charge in [0.25, 0.3) is 0 Å². The summed E-state index contributed by atoms with van der Waals surface area (Å²) in [5, 5.41) is 0. The predicted molar refractivity (Wildman–Crippen MR) is 93.9 cm³/mol. The van der Waals surface area contributed by atoms with Crippen molar-refractivity contribution >= 4 is 5.91 Å². The van der Waals surface area contributed by atoms with Crippen molar-refractivity contribution < 1.29 is 18.7 Å². The number of hydrogen-bond acceptors (Lipinski definition) is 3. The second-order valence-corrected chi connectivity index (χ2v) is 7.42. The quantitative estimate of drug-likeness (QED) is 0.820. The average Bonchev–Trinajstić information content (AvgIpc) is 2.99. The molecular weight excluding hydrogens is 321 g/mol. The molecule has 1 amide bonds. The summed E-state index contributed by atoms with van der Waals surface area (Å²) in [7, 11) is 0. The van der Waals surface area contributed by atoms with Crippen molar-refractivity contribution in [3.8, 4) is 0 Å². The molecule has 1 aromatic carbocycles. The van der Waals surface area contributed by atoms with Crippen molar-refractivity contribution in [1.82, 2.24) is 4.90 Å². The highest BCUT2D eigenvalue weighted by atomic mass is 19.1. The molecule has 1 spiro atoms. The number of amides is 1. The normalized spacial score (nSPS) is 22.5. The molecule has 0 aliphatic carbocycles. The lowest BCUT2D eigenvalue weighted by atomic mass is 9.76. The van der Waals surface area contributed by atoms with Gasteiger partial charge in [-0.25, -0.2) is 4.39 Å². The fourth-order valence-electron chi connectivity index (χ4n) is 3.96. The van der Waals surface area contributed by atoms with E-state index < -0.39 is 0 Å². The Morgan fingerprint density at radius 3 is 2.84 bits per heavy atom. The fourth-order valence-corrected chi connectivity index (χ4v) is 3.96. The smallest absolute Gasteiger partial charge is 0.226 e. The summed E-state index contributed by atoms with van der Waals surface area (Å²) in [5.41, 5.74) is 1.96. The van der Waals surface area contributed by atoms with Gasteiger partial charge >= 0.3 is 0 Å². The van der Waals surface area contributed by atoms with Crippen LogP contribution in [0.25, 0.3) is 0 Å². The first-order valence-electron chi connectivity index (χ1n) is 9.23. The topological polar surface area (TPSA) is 38.8 Å². The highest BCUT2D eigenvalue weighted by Gasteiger charge is 2.43.